The van der Waals surface area contributed by atoms with Crippen LogP contribution in [0.4, 0.5) is 0 Å². The minimum Gasteiger partial charge on any atom is -0.343 e. The van der Waals surface area contributed by atoms with Crippen molar-refractivity contribution in [2.24, 2.45) is 0 Å². The molecular weight excluding hydrogens is 178 g/mol. The van der Waals surface area contributed by atoms with E-state index in [0.717, 1.165) is 25.9 Å². The van der Waals surface area contributed by atoms with Crippen LogP contribution in [0.15, 0.2) is 18.5 Å². The Bertz CT molecular complexity index is 299. The molecule has 0 aromatic carbocycles. The van der Waals surface area contributed by atoms with Gasteiger partial charge in [-0.1, -0.05) is 0 Å². The monoisotopic (exact) mass is 193 g/mol. The summed E-state index contributed by atoms with van der Waals surface area (Å²) in [6, 6.07) is 2.41. The number of amides is 1. The molecule has 1 amide bonds. The van der Waals surface area contributed by atoms with Gasteiger partial charge in [0.2, 0.25) is 5.91 Å². The molecule has 0 aliphatic carbocycles. The zero-order chi connectivity index (χ0) is 9.97. The van der Waals surface area contributed by atoms with Crippen molar-refractivity contribution in [2.75, 3.05) is 13.1 Å². The molecule has 0 spiro atoms. The van der Waals surface area contributed by atoms with Gasteiger partial charge in [-0.05, 0) is 18.9 Å². The number of hydrogen-bond donors (Lipinski definition) is 0. The van der Waals surface area contributed by atoms with E-state index in [2.05, 4.69) is 5.10 Å². The molecule has 4 nitrogen and oxygen atoms in total. The molecular formula is C10H15N3O. The van der Waals surface area contributed by atoms with Gasteiger partial charge in [-0.15, -0.1) is 0 Å². The highest BCUT2D eigenvalue weighted by atomic mass is 16.2. The van der Waals surface area contributed by atoms with E-state index in [4.69, 9.17) is 0 Å². The van der Waals surface area contributed by atoms with Crippen molar-refractivity contribution in [3.05, 3.63) is 18.5 Å². The predicted octanol–water partition coefficient (Wildman–Crippen LogP) is 1.07. The molecule has 0 unspecified atom stereocenters. The second kappa shape index (κ2) is 3.82. The van der Waals surface area contributed by atoms with Crippen LogP contribution in [0.2, 0.25) is 0 Å². The smallest absolute Gasteiger partial charge is 0.219 e. The second-order valence-electron chi connectivity index (χ2n) is 3.72. The third-order valence-electron chi connectivity index (χ3n) is 2.81. The Morgan fingerprint density at radius 1 is 1.43 bits per heavy atom. The number of hydrogen-bond acceptors (Lipinski definition) is 2. The Morgan fingerprint density at radius 3 is 2.64 bits per heavy atom. The molecule has 14 heavy (non-hydrogen) atoms. The van der Waals surface area contributed by atoms with Crippen LogP contribution in [0.1, 0.15) is 25.8 Å². The van der Waals surface area contributed by atoms with Crippen molar-refractivity contribution in [2.45, 2.75) is 25.8 Å². The lowest BCUT2D eigenvalue weighted by atomic mass is 10.1. The zero-order valence-corrected chi connectivity index (χ0v) is 8.39. The van der Waals surface area contributed by atoms with E-state index in [1.54, 1.807) is 13.1 Å². The second-order valence-corrected chi connectivity index (χ2v) is 3.72. The van der Waals surface area contributed by atoms with Gasteiger partial charge in [0.1, 0.15) is 0 Å². The van der Waals surface area contributed by atoms with E-state index in [1.807, 2.05) is 21.8 Å². The Labute approximate surface area is 83.5 Å². The molecule has 1 aliphatic rings. The first kappa shape index (κ1) is 9.24. The van der Waals surface area contributed by atoms with Crippen molar-refractivity contribution >= 4 is 5.91 Å². The lowest BCUT2D eigenvalue weighted by Gasteiger charge is -2.31. The number of likely N-dealkylation sites (tertiary alicyclic amines) is 1. The van der Waals surface area contributed by atoms with Crippen LogP contribution in [-0.2, 0) is 4.79 Å². The number of piperidine rings is 1. The van der Waals surface area contributed by atoms with Gasteiger partial charge in [-0.2, -0.15) is 5.10 Å². The van der Waals surface area contributed by atoms with Gasteiger partial charge in [0.15, 0.2) is 0 Å². The molecule has 4 heteroatoms. The molecule has 0 bridgehead atoms. The highest BCUT2D eigenvalue weighted by Gasteiger charge is 2.21. The van der Waals surface area contributed by atoms with Crippen molar-refractivity contribution in [1.82, 2.24) is 14.7 Å². The maximum Gasteiger partial charge on any atom is 0.219 e. The highest BCUT2D eigenvalue weighted by molar-refractivity contribution is 5.73. The van der Waals surface area contributed by atoms with Gasteiger partial charge in [0, 0.05) is 32.4 Å². The predicted molar refractivity (Wildman–Crippen MR) is 52.8 cm³/mol. The van der Waals surface area contributed by atoms with Crippen LogP contribution in [0, 0.1) is 0 Å². The van der Waals surface area contributed by atoms with Crippen molar-refractivity contribution in [1.29, 1.82) is 0 Å². The summed E-state index contributed by atoms with van der Waals surface area (Å²) in [5, 5.41) is 4.22. The zero-order valence-electron chi connectivity index (χ0n) is 8.39. The van der Waals surface area contributed by atoms with Gasteiger partial charge >= 0.3 is 0 Å². The van der Waals surface area contributed by atoms with E-state index in [9.17, 15) is 4.79 Å². The Morgan fingerprint density at radius 2 is 2.14 bits per heavy atom. The molecule has 76 valence electrons. The lowest BCUT2D eigenvalue weighted by molar-refractivity contribution is -0.130. The Balaban J connectivity index is 1.93. The summed E-state index contributed by atoms with van der Waals surface area (Å²) in [4.78, 5) is 13.0. The van der Waals surface area contributed by atoms with E-state index in [0.29, 0.717) is 6.04 Å². The molecule has 0 atom stereocenters. The summed E-state index contributed by atoms with van der Waals surface area (Å²) < 4.78 is 2.00. The summed E-state index contributed by atoms with van der Waals surface area (Å²) >= 11 is 0. The Hall–Kier alpha value is -1.32. The quantitative estimate of drug-likeness (QED) is 0.669. The Kier molecular flexibility index (Phi) is 2.52. The highest BCUT2D eigenvalue weighted by Crippen LogP contribution is 2.21. The molecule has 0 radical (unpaired) electrons. The molecule has 1 aromatic heterocycles. The molecule has 2 heterocycles. The van der Waals surface area contributed by atoms with E-state index < -0.39 is 0 Å². The van der Waals surface area contributed by atoms with Crippen LogP contribution in [-0.4, -0.2) is 33.7 Å². The molecule has 1 saturated heterocycles. The van der Waals surface area contributed by atoms with Crippen molar-refractivity contribution in [3.63, 3.8) is 0 Å². The number of nitrogens with zero attached hydrogens (tertiary/aromatic N) is 3. The molecule has 0 saturated carbocycles. The first-order valence-electron chi connectivity index (χ1n) is 5.02. The molecule has 0 N–H and O–H groups in total. The molecule has 1 aliphatic heterocycles. The van der Waals surface area contributed by atoms with Gasteiger partial charge < -0.3 is 4.90 Å². The number of carbonyl (C=O) groups excluding carboxylic acids is 1. The maximum atomic E-state index is 11.1. The SMILES string of the molecule is CC(=O)N1CCC(n2cccn2)CC1. The lowest BCUT2D eigenvalue weighted by Crippen LogP contribution is -2.37. The number of rotatable bonds is 1. The van der Waals surface area contributed by atoms with Gasteiger partial charge in [-0.3, -0.25) is 9.48 Å². The van der Waals surface area contributed by atoms with Crippen LogP contribution >= 0.6 is 0 Å². The summed E-state index contributed by atoms with van der Waals surface area (Å²) in [5.41, 5.74) is 0. The summed E-state index contributed by atoms with van der Waals surface area (Å²) in [5.74, 6) is 0.184. The van der Waals surface area contributed by atoms with Crippen LogP contribution in [0.3, 0.4) is 0 Å². The minimum absolute atomic E-state index is 0.184. The van der Waals surface area contributed by atoms with Crippen molar-refractivity contribution < 1.29 is 4.79 Å². The van der Waals surface area contributed by atoms with E-state index in [1.165, 1.54) is 0 Å². The largest absolute Gasteiger partial charge is 0.343 e. The van der Waals surface area contributed by atoms with Crippen LogP contribution in [0.5, 0.6) is 0 Å². The first-order chi connectivity index (χ1) is 6.77. The van der Waals surface area contributed by atoms with Gasteiger partial charge in [-0.25, -0.2) is 0 Å². The van der Waals surface area contributed by atoms with Crippen LogP contribution < -0.4 is 0 Å². The normalized spacial score (nSPS) is 18.5. The summed E-state index contributed by atoms with van der Waals surface area (Å²) in [6.45, 7) is 3.36. The van der Waals surface area contributed by atoms with Gasteiger partial charge in [0.05, 0.1) is 6.04 Å². The topological polar surface area (TPSA) is 38.1 Å². The average molecular weight is 193 g/mol. The minimum atomic E-state index is 0.184. The summed E-state index contributed by atoms with van der Waals surface area (Å²) in [6.07, 6.45) is 5.83. The maximum absolute atomic E-state index is 11.1. The van der Waals surface area contributed by atoms with Crippen molar-refractivity contribution in [3.8, 4) is 0 Å². The van der Waals surface area contributed by atoms with Gasteiger partial charge in [0.25, 0.3) is 0 Å². The van der Waals surface area contributed by atoms with E-state index >= 15 is 0 Å². The third kappa shape index (κ3) is 1.78. The summed E-state index contributed by atoms with van der Waals surface area (Å²) in [7, 11) is 0. The molecule has 1 aromatic rings. The fraction of sp³-hybridized carbons (Fsp3) is 0.600. The number of carbonyl (C=O) groups is 1. The first-order valence-corrected chi connectivity index (χ1v) is 5.02. The van der Waals surface area contributed by atoms with Crippen LogP contribution in [0.25, 0.3) is 0 Å². The standard InChI is InChI=1S/C10H15N3O/c1-9(14)12-7-3-10(4-8-12)13-6-2-5-11-13/h2,5-6,10H,3-4,7-8H2,1H3. The fourth-order valence-electron chi connectivity index (χ4n) is 1.94. The number of aromatic nitrogens is 2. The average Bonchev–Trinajstić information content (AvgIpc) is 2.71. The van der Waals surface area contributed by atoms with E-state index in [-0.39, 0.29) is 5.91 Å². The molecule has 2 rings (SSSR count). The fourth-order valence-corrected chi connectivity index (χ4v) is 1.94. The third-order valence-corrected chi connectivity index (χ3v) is 2.81. The molecule has 1 fully saturated rings.